The van der Waals surface area contributed by atoms with Gasteiger partial charge in [0.25, 0.3) is 0 Å². The molecule has 0 amide bonds. The Balaban J connectivity index is 2.92. The van der Waals surface area contributed by atoms with Gasteiger partial charge in [0.15, 0.2) is 17.5 Å². The number of methoxy groups -OCH3 is 1. The smallest absolute Gasteiger partial charge is 0.307 e. The van der Waals surface area contributed by atoms with Crippen LogP contribution < -0.4 is 5.73 Å². The molecular formula is C10H10F3NO2. The molecule has 0 unspecified atom stereocenters. The van der Waals surface area contributed by atoms with Crippen LogP contribution in [0.4, 0.5) is 13.2 Å². The molecule has 1 atom stereocenters. The van der Waals surface area contributed by atoms with Crippen LogP contribution in [0.25, 0.3) is 0 Å². The minimum atomic E-state index is -1.56. The number of halogens is 3. The van der Waals surface area contributed by atoms with Crippen molar-refractivity contribution in [2.24, 2.45) is 5.73 Å². The normalized spacial score (nSPS) is 12.3. The highest BCUT2D eigenvalue weighted by atomic mass is 19.2. The second-order valence-electron chi connectivity index (χ2n) is 3.19. The number of ether oxygens (including phenoxy) is 1. The van der Waals surface area contributed by atoms with Crippen LogP contribution in [0.1, 0.15) is 18.0 Å². The molecule has 0 saturated heterocycles. The molecule has 0 saturated carbocycles. The summed E-state index contributed by atoms with van der Waals surface area (Å²) < 4.78 is 42.6. The highest BCUT2D eigenvalue weighted by Crippen LogP contribution is 2.20. The van der Waals surface area contributed by atoms with Crippen molar-refractivity contribution in [2.45, 2.75) is 12.5 Å². The van der Waals surface area contributed by atoms with Gasteiger partial charge in [0.2, 0.25) is 0 Å². The maximum Gasteiger partial charge on any atom is 0.307 e. The van der Waals surface area contributed by atoms with E-state index in [2.05, 4.69) is 4.74 Å². The van der Waals surface area contributed by atoms with Crippen molar-refractivity contribution in [3.63, 3.8) is 0 Å². The van der Waals surface area contributed by atoms with Gasteiger partial charge in [-0.1, -0.05) is 0 Å². The second kappa shape index (κ2) is 4.98. The lowest BCUT2D eigenvalue weighted by molar-refractivity contribution is -0.141. The lowest BCUT2D eigenvalue weighted by Crippen LogP contribution is -2.17. The van der Waals surface area contributed by atoms with Crippen molar-refractivity contribution < 1.29 is 22.7 Å². The molecule has 88 valence electrons. The first-order valence-electron chi connectivity index (χ1n) is 4.42. The van der Waals surface area contributed by atoms with E-state index in [0.717, 1.165) is 12.1 Å². The first-order chi connectivity index (χ1) is 7.45. The molecule has 0 bridgehead atoms. The van der Waals surface area contributed by atoms with Crippen molar-refractivity contribution in [3.8, 4) is 0 Å². The van der Waals surface area contributed by atoms with Gasteiger partial charge in [-0.3, -0.25) is 4.79 Å². The predicted molar refractivity (Wildman–Crippen MR) is 49.9 cm³/mol. The average Bonchev–Trinajstić information content (AvgIpc) is 2.24. The monoisotopic (exact) mass is 233 g/mol. The number of hydrogen-bond acceptors (Lipinski definition) is 3. The van der Waals surface area contributed by atoms with Crippen molar-refractivity contribution in [1.82, 2.24) is 0 Å². The summed E-state index contributed by atoms with van der Waals surface area (Å²) >= 11 is 0. The third-order valence-corrected chi connectivity index (χ3v) is 2.05. The van der Waals surface area contributed by atoms with Gasteiger partial charge >= 0.3 is 5.97 Å². The Hall–Kier alpha value is -1.56. The fraction of sp³-hybridized carbons (Fsp3) is 0.300. The van der Waals surface area contributed by atoms with E-state index in [1.54, 1.807) is 0 Å². The molecular weight excluding hydrogens is 223 g/mol. The molecule has 1 aromatic carbocycles. The van der Waals surface area contributed by atoms with Crippen LogP contribution in [0.3, 0.4) is 0 Å². The van der Waals surface area contributed by atoms with Crippen molar-refractivity contribution in [2.75, 3.05) is 7.11 Å². The van der Waals surface area contributed by atoms with Gasteiger partial charge in [-0.05, 0) is 17.7 Å². The Bertz CT molecular complexity index is 386. The van der Waals surface area contributed by atoms with Crippen LogP contribution in [0.5, 0.6) is 0 Å². The summed E-state index contributed by atoms with van der Waals surface area (Å²) in [5, 5.41) is 0. The Morgan fingerprint density at radius 2 is 1.88 bits per heavy atom. The molecule has 1 aromatic rings. The van der Waals surface area contributed by atoms with E-state index in [9.17, 15) is 18.0 Å². The molecule has 0 aliphatic carbocycles. The SMILES string of the molecule is COC(=O)C[C@@H](N)c1cc(F)c(F)c(F)c1. The Labute approximate surface area is 90.0 Å². The molecule has 3 nitrogen and oxygen atoms in total. The second-order valence-corrected chi connectivity index (χ2v) is 3.19. The molecule has 0 radical (unpaired) electrons. The maximum absolute atomic E-state index is 12.8. The first kappa shape index (κ1) is 12.5. The third-order valence-electron chi connectivity index (χ3n) is 2.05. The van der Waals surface area contributed by atoms with Crippen LogP contribution in [-0.4, -0.2) is 13.1 Å². The van der Waals surface area contributed by atoms with Crippen LogP contribution in [-0.2, 0) is 9.53 Å². The summed E-state index contributed by atoms with van der Waals surface area (Å²) in [5.41, 5.74) is 5.50. The van der Waals surface area contributed by atoms with Gasteiger partial charge in [-0.25, -0.2) is 13.2 Å². The highest BCUT2D eigenvalue weighted by molar-refractivity contribution is 5.70. The largest absolute Gasteiger partial charge is 0.469 e. The molecule has 0 heterocycles. The minimum absolute atomic E-state index is 0.00167. The molecule has 0 spiro atoms. The van der Waals surface area contributed by atoms with Crippen LogP contribution in [0.15, 0.2) is 12.1 Å². The summed E-state index contributed by atoms with van der Waals surface area (Å²) in [6.45, 7) is 0. The van der Waals surface area contributed by atoms with Gasteiger partial charge in [0.1, 0.15) is 0 Å². The van der Waals surface area contributed by atoms with Gasteiger partial charge < -0.3 is 10.5 Å². The fourth-order valence-corrected chi connectivity index (χ4v) is 1.17. The lowest BCUT2D eigenvalue weighted by Gasteiger charge is -2.11. The van der Waals surface area contributed by atoms with E-state index >= 15 is 0 Å². The van der Waals surface area contributed by atoms with Crippen LogP contribution >= 0.6 is 0 Å². The molecule has 0 fully saturated rings. The Morgan fingerprint density at radius 3 is 2.31 bits per heavy atom. The van der Waals surface area contributed by atoms with Crippen molar-refractivity contribution in [1.29, 1.82) is 0 Å². The minimum Gasteiger partial charge on any atom is -0.469 e. The molecule has 6 heteroatoms. The van der Waals surface area contributed by atoms with Gasteiger partial charge in [-0.2, -0.15) is 0 Å². The van der Waals surface area contributed by atoms with Crippen LogP contribution in [0.2, 0.25) is 0 Å². The van der Waals surface area contributed by atoms with E-state index in [4.69, 9.17) is 5.73 Å². The number of rotatable bonds is 3. The van der Waals surface area contributed by atoms with Crippen LogP contribution in [0, 0.1) is 17.5 Å². The van der Waals surface area contributed by atoms with Gasteiger partial charge in [0.05, 0.1) is 13.5 Å². The summed E-state index contributed by atoms with van der Waals surface area (Å²) in [4.78, 5) is 10.9. The lowest BCUT2D eigenvalue weighted by atomic mass is 10.0. The summed E-state index contributed by atoms with van der Waals surface area (Å²) in [7, 11) is 1.17. The number of benzene rings is 1. The quantitative estimate of drug-likeness (QED) is 0.638. The fourth-order valence-electron chi connectivity index (χ4n) is 1.17. The Morgan fingerprint density at radius 1 is 1.38 bits per heavy atom. The maximum atomic E-state index is 12.8. The third kappa shape index (κ3) is 2.73. The van der Waals surface area contributed by atoms with Crippen molar-refractivity contribution >= 4 is 5.97 Å². The van der Waals surface area contributed by atoms with E-state index in [-0.39, 0.29) is 12.0 Å². The number of carbonyl (C=O) groups excluding carboxylic acids is 1. The summed E-state index contributed by atoms with van der Waals surface area (Å²) in [5.74, 6) is -4.85. The van der Waals surface area contributed by atoms with Crippen molar-refractivity contribution in [3.05, 3.63) is 35.1 Å². The van der Waals surface area contributed by atoms with E-state index < -0.39 is 29.5 Å². The Kier molecular flexibility index (Phi) is 3.89. The molecule has 0 aliphatic heterocycles. The highest BCUT2D eigenvalue weighted by Gasteiger charge is 2.17. The number of esters is 1. The van der Waals surface area contributed by atoms with E-state index in [0.29, 0.717) is 0 Å². The van der Waals surface area contributed by atoms with E-state index in [1.807, 2.05) is 0 Å². The first-order valence-corrected chi connectivity index (χ1v) is 4.42. The average molecular weight is 233 g/mol. The molecule has 16 heavy (non-hydrogen) atoms. The van der Waals surface area contributed by atoms with E-state index in [1.165, 1.54) is 7.11 Å². The number of carbonyl (C=O) groups is 1. The zero-order chi connectivity index (χ0) is 12.3. The molecule has 0 aliphatic rings. The standard InChI is InChI=1S/C10H10F3NO2/c1-16-9(15)4-8(14)5-2-6(11)10(13)7(12)3-5/h2-3,8H,4,14H2,1H3/t8-/m1/s1. The number of nitrogens with two attached hydrogens (primary N) is 1. The summed E-state index contributed by atoms with van der Waals surface area (Å²) in [6.07, 6.45) is -0.235. The summed E-state index contributed by atoms with van der Waals surface area (Å²) in [6, 6.07) is 0.579. The topological polar surface area (TPSA) is 52.3 Å². The number of hydrogen-bond donors (Lipinski definition) is 1. The zero-order valence-electron chi connectivity index (χ0n) is 8.47. The molecule has 2 N–H and O–H groups in total. The van der Waals surface area contributed by atoms with Gasteiger partial charge in [0, 0.05) is 6.04 Å². The zero-order valence-corrected chi connectivity index (χ0v) is 8.47. The molecule has 0 aromatic heterocycles. The van der Waals surface area contributed by atoms with Gasteiger partial charge in [-0.15, -0.1) is 0 Å². The predicted octanol–water partition coefficient (Wildman–Crippen LogP) is 1.67. The molecule has 1 rings (SSSR count).